The normalized spacial score (nSPS) is 18.0. The van der Waals surface area contributed by atoms with Gasteiger partial charge in [0, 0.05) is 24.0 Å². The van der Waals surface area contributed by atoms with Crippen LogP contribution in [-0.4, -0.2) is 27.2 Å². The molecule has 0 spiro atoms. The molecule has 22 heavy (non-hydrogen) atoms. The summed E-state index contributed by atoms with van der Waals surface area (Å²) in [5, 5.41) is 6.05. The molecule has 0 aliphatic carbocycles. The lowest BCUT2D eigenvalue weighted by atomic mass is 10.1. The van der Waals surface area contributed by atoms with E-state index in [1.165, 1.54) is 0 Å². The van der Waals surface area contributed by atoms with Crippen LogP contribution in [0, 0.1) is 13.8 Å². The van der Waals surface area contributed by atoms with Crippen molar-refractivity contribution in [1.29, 1.82) is 0 Å². The largest absolute Gasteiger partial charge is 0.368 e. The van der Waals surface area contributed by atoms with Crippen molar-refractivity contribution in [1.82, 2.24) is 15.0 Å². The summed E-state index contributed by atoms with van der Waals surface area (Å²) in [6, 6.07) is 12.1. The third kappa shape index (κ3) is 2.95. The summed E-state index contributed by atoms with van der Waals surface area (Å²) in [6.07, 6.45) is 2.65. The lowest BCUT2D eigenvalue weighted by Crippen LogP contribution is -2.33. The number of nitrogens with two attached hydrogens (primary N) is 1. The van der Waals surface area contributed by atoms with Crippen LogP contribution in [-0.2, 0) is 0 Å². The number of guanidine groups is 1. The molecule has 6 heteroatoms. The molecule has 0 bridgehead atoms. The summed E-state index contributed by atoms with van der Waals surface area (Å²) in [6.45, 7) is 3.81. The van der Waals surface area contributed by atoms with E-state index >= 15 is 0 Å². The van der Waals surface area contributed by atoms with Gasteiger partial charge in [-0.1, -0.05) is 30.3 Å². The van der Waals surface area contributed by atoms with Gasteiger partial charge in [0.05, 0.1) is 6.04 Å². The predicted octanol–water partition coefficient (Wildman–Crippen LogP) is 2.47. The standard InChI is InChI=1S/C16H18N6/c1-11-10-12(2)20-16(19-11)21-15(17)22-14(8-9-18-22)13-6-4-3-5-7-13/h3-7,9-10,14H,8H2,1-2H3,(H2,17,19,20,21). The zero-order valence-corrected chi connectivity index (χ0v) is 12.6. The molecular weight excluding hydrogens is 276 g/mol. The Morgan fingerprint density at radius 2 is 1.86 bits per heavy atom. The fourth-order valence-electron chi connectivity index (χ4n) is 2.50. The van der Waals surface area contributed by atoms with Gasteiger partial charge in [-0.05, 0) is 25.5 Å². The lowest BCUT2D eigenvalue weighted by Gasteiger charge is -2.22. The zero-order chi connectivity index (χ0) is 15.5. The van der Waals surface area contributed by atoms with Crippen LogP contribution in [0.15, 0.2) is 46.5 Å². The molecule has 1 atom stereocenters. The third-order valence-electron chi connectivity index (χ3n) is 3.43. The molecule has 1 aliphatic heterocycles. The van der Waals surface area contributed by atoms with Crippen LogP contribution in [0.1, 0.15) is 29.4 Å². The number of hydrazone groups is 1. The van der Waals surface area contributed by atoms with Gasteiger partial charge < -0.3 is 5.73 Å². The monoisotopic (exact) mass is 294 g/mol. The SMILES string of the molecule is Cc1cc(C)nc(N=C(N)N2N=CCC2c2ccccc2)n1. The van der Waals surface area contributed by atoms with Crippen LogP contribution in [0.2, 0.25) is 0 Å². The van der Waals surface area contributed by atoms with Gasteiger partial charge in [-0.3, -0.25) is 0 Å². The first-order chi connectivity index (χ1) is 10.6. The number of aryl methyl sites for hydroxylation is 2. The molecule has 3 rings (SSSR count). The van der Waals surface area contributed by atoms with Crippen LogP contribution < -0.4 is 5.73 Å². The van der Waals surface area contributed by atoms with Crippen molar-refractivity contribution in [2.75, 3.05) is 0 Å². The molecule has 2 heterocycles. The van der Waals surface area contributed by atoms with Crippen molar-refractivity contribution in [2.45, 2.75) is 26.3 Å². The lowest BCUT2D eigenvalue weighted by molar-refractivity contribution is 0.366. The first-order valence-electron chi connectivity index (χ1n) is 7.16. The number of hydrogen-bond donors (Lipinski definition) is 1. The van der Waals surface area contributed by atoms with E-state index in [0.29, 0.717) is 11.9 Å². The van der Waals surface area contributed by atoms with Gasteiger partial charge in [-0.2, -0.15) is 10.1 Å². The van der Waals surface area contributed by atoms with E-state index < -0.39 is 0 Å². The van der Waals surface area contributed by atoms with Crippen LogP contribution in [0.3, 0.4) is 0 Å². The number of nitrogens with zero attached hydrogens (tertiary/aromatic N) is 5. The number of rotatable bonds is 2. The van der Waals surface area contributed by atoms with Gasteiger partial charge >= 0.3 is 0 Å². The molecule has 0 saturated heterocycles. The Balaban J connectivity index is 1.88. The van der Waals surface area contributed by atoms with Crippen molar-refractivity contribution in [2.24, 2.45) is 15.8 Å². The summed E-state index contributed by atoms with van der Waals surface area (Å²) < 4.78 is 0. The molecular formula is C16H18N6. The topological polar surface area (TPSA) is 79.8 Å². The van der Waals surface area contributed by atoms with Crippen LogP contribution >= 0.6 is 0 Å². The van der Waals surface area contributed by atoms with Crippen molar-refractivity contribution < 1.29 is 0 Å². The second-order valence-electron chi connectivity index (χ2n) is 5.23. The molecule has 1 aromatic carbocycles. The van der Waals surface area contributed by atoms with Crippen molar-refractivity contribution in [3.05, 3.63) is 53.3 Å². The van der Waals surface area contributed by atoms with Crippen LogP contribution in [0.25, 0.3) is 0 Å². The van der Waals surface area contributed by atoms with Gasteiger partial charge in [-0.25, -0.2) is 15.0 Å². The highest BCUT2D eigenvalue weighted by molar-refractivity contribution is 5.83. The molecule has 1 aromatic heterocycles. The third-order valence-corrected chi connectivity index (χ3v) is 3.43. The predicted molar refractivity (Wildman–Crippen MR) is 86.9 cm³/mol. The maximum atomic E-state index is 6.12. The van der Waals surface area contributed by atoms with Crippen molar-refractivity contribution in [3.63, 3.8) is 0 Å². The number of aromatic nitrogens is 2. The molecule has 1 aliphatic rings. The molecule has 0 fully saturated rings. The van der Waals surface area contributed by atoms with Gasteiger partial charge in [0.15, 0.2) is 0 Å². The van der Waals surface area contributed by atoms with E-state index in [4.69, 9.17) is 5.73 Å². The van der Waals surface area contributed by atoms with Crippen molar-refractivity contribution in [3.8, 4) is 0 Å². The minimum Gasteiger partial charge on any atom is -0.368 e. The highest BCUT2D eigenvalue weighted by Gasteiger charge is 2.25. The molecule has 2 aromatic rings. The fraction of sp³-hybridized carbons (Fsp3) is 0.250. The Morgan fingerprint density at radius 3 is 2.55 bits per heavy atom. The minimum absolute atomic E-state index is 0.0656. The molecule has 112 valence electrons. The number of aliphatic imine (C=N–C) groups is 1. The molecule has 1 unspecified atom stereocenters. The second kappa shape index (κ2) is 5.93. The average molecular weight is 294 g/mol. The van der Waals surface area contributed by atoms with Gasteiger partial charge in [0.1, 0.15) is 0 Å². The zero-order valence-electron chi connectivity index (χ0n) is 12.6. The Bertz CT molecular complexity index is 702. The van der Waals surface area contributed by atoms with E-state index in [1.807, 2.05) is 44.3 Å². The average Bonchev–Trinajstić information content (AvgIpc) is 2.96. The summed E-state index contributed by atoms with van der Waals surface area (Å²) in [5.74, 6) is 0.663. The van der Waals surface area contributed by atoms with Crippen molar-refractivity contribution >= 4 is 18.1 Å². The van der Waals surface area contributed by atoms with Gasteiger partial charge in [-0.15, -0.1) is 0 Å². The maximum Gasteiger partial charge on any atom is 0.253 e. The summed E-state index contributed by atoms with van der Waals surface area (Å²) in [4.78, 5) is 12.9. The van der Waals surface area contributed by atoms with Gasteiger partial charge in [0.2, 0.25) is 5.96 Å². The quantitative estimate of drug-likeness (QED) is 0.681. The van der Waals surface area contributed by atoms with E-state index in [9.17, 15) is 0 Å². The summed E-state index contributed by atoms with van der Waals surface area (Å²) in [7, 11) is 0. The molecule has 0 saturated carbocycles. The highest BCUT2D eigenvalue weighted by atomic mass is 15.5. The van der Waals surface area contributed by atoms with Crippen LogP contribution in [0.5, 0.6) is 0 Å². The van der Waals surface area contributed by atoms with Crippen LogP contribution in [0.4, 0.5) is 5.95 Å². The van der Waals surface area contributed by atoms with E-state index in [0.717, 1.165) is 23.4 Å². The second-order valence-corrected chi connectivity index (χ2v) is 5.23. The van der Waals surface area contributed by atoms with E-state index in [1.54, 1.807) is 5.01 Å². The number of hydrogen-bond acceptors (Lipinski definition) is 4. The number of benzene rings is 1. The Hall–Kier alpha value is -2.76. The Morgan fingerprint density at radius 1 is 1.18 bits per heavy atom. The van der Waals surface area contributed by atoms with Gasteiger partial charge in [0.25, 0.3) is 5.95 Å². The molecule has 0 radical (unpaired) electrons. The first-order valence-corrected chi connectivity index (χ1v) is 7.16. The Kier molecular flexibility index (Phi) is 3.82. The minimum atomic E-state index is 0.0656. The highest BCUT2D eigenvalue weighted by Crippen LogP contribution is 2.27. The fourth-order valence-corrected chi connectivity index (χ4v) is 2.50. The summed E-state index contributed by atoms with van der Waals surface area (Å²) in [5.41, 5.74) is 9.00. The van der Waals surface area contributed by atoms with E-state index in [2.05, 4.69) is 32.2 Å². The smallest absolute Gasteiger partial charge is 0.253 e. The maximum absolute atomic E-state index is 6.12. The first kappa shape index (κ1) is 14.2. The molecule has 2 N–H and O–H groups in total. The van der Waals surface area contributed by atoms with E-state index in [-0.39, 0.29) is 6.04 Å². The molecule has 6 nitrogen and oxygen atoms in total. The Labute approximate surface area is 129 Å². The molecule has 0 amide bonds. The summed E-state index contributed by atoms with van der Waals surface area (Å²) >= 11 is 0.